The number of aliphatic imine (C=N–C) groups is 1. The first-order chi connectivity index (χ1) is 9.90. The van der Waals surface area contributed by atoms with Gasteiger partial charge < -0.3 is 10.1 Å². The number of nitrogens with one attached hydrogen (secondary N) is 1. The van der Waals surface area contributed by atoms with Crippen LogP contribution in [0.5, 0.6) is 0 Å². The summed E-state index contributed by atoms with van der Waals surface area (Å²) in [5.41, 5.74) is 1.02. The summed E-state index contributed by atoms with van der Waals surface area (Å²) < 4.78 is 5.12. The molecule has 0 aliphatic rings. The zero-order chi connectivity index (χ0) is 15.7. The van der Waals surface area contributed by atoms with Gasteiger partial charge in [-0.25, -0.2) is 9.59 Å². The van der Waals surface area contributed by atoms with Crippen molar-refractivity contribution in [1.82, 2.24) is 5.32 Å². The van der Waals surface area contributed by atoms with Gasteiger partial charge in [-0.2, -0.15) is 4.99 Å². The maximum Gasteiger partial charge on any atom is 0.407 e. The number of carbonyl (C=O) groups is 1. The molecule has 0 saturated heterocycles. The molecule has 1 aromatic carbocycles. The summed E-state index contributed by atoms with van der Waals surface area (Å²) in [6, 6.07) is 7.23. The Balaban J connectivity index is 2.37. The Kier molecular flexibility index (Phi) is 6.37. The molecule has 0 atom stereocenters. The number of hydrogen-bond acceptors (Lipinski definition) is 4. The second-order valence-corrected chi connectivity index (χ2v) is 5.42. The predicted molar refractivity (Wildman–Crippen MR) is 82.1 cm³/mol. The highest BCUT2D eigenvalue weighted by molar-refractivity contribution is 5.67. The number of hydrogen-bond donors (Lipinski definition) is 1. The van der Waals surface area contributed by atoms with Crippen LogP contribution in [0.2, 0.25) is 0 Å². The molecule has 0 heterocycles. The van der Waals surface area contributed by atoms with Crippen LogP contribution < -0.4 is 5.32 Å². The monoisotopic (exact) mass is 288 g/mol. The number of alkyl carbamates (subject to hydrolysis) is 1. The van der Waals surface area contributed by atoms with Crippen LogP contribution in [0.25, 0.3) is 6.08 Å². The summed E-state index contributed by atoms with van der Waals surface area (Å²) in [5.74, 6) is 0. The number of rotatable bonds is 5. The minimum absolute atomic E-state index is 0.418. The zero-order valence-corrected chi connectivity index (χ0v) is 12.6. The Labute approximate surface area is 124 Å². The quantitative estimate of drug-likeness (QED) is 0.511. The lowest BCUT2D eigenvalue weighted by Crippen LogP contribution is -2.32. The third kappa shape index (κ3) is 7.70. The minimum atomic E-state index is -0.487. The molecule has 5 nitrogen and oxygen atoms in total. The summed E-state index contributed by atoms with van der Waals surface area (Å²) >= 11 is 0. The van der Waals surface area contributed by atoms with Gasteiger partial charge >= 0.3 is 6.09 Å². The average Bonchev–Trinajstić information content (AvgIpc) is 2.37. The van der Waals surface area contributed by atoms with Crippen LogP contribution in [-0.2, 0) is 9.53 Å². The van der Waals surface area contributed by atoms with Gasteiger partial charge in [-0.3, -0.25) is 0 Å². The molecule has 21 heavy (non-hydrogen) atoms. The largest absolute Gasteiger partial charge is 0.444 e. The average molecular weight is 288 g/mol. The van der Waals surface area contributed by atoms with Crippen molar-refractivity contribution in [2.45, 2.75) is 32.8 Å². The molecule has 0 spiro atoms. The Hall–Kier alpha value is -2.39. The Morgan fingerprint density at radius 1 is 1.43 bits per heavy atom. The first-order valence-electron chi connectivity index (χ1n) is 6.72. The van der Waals surface area contributed by atoms with E-state index in [-0.39, 0.29) is 0 Å². The van der Waals surface area contributed by atoms with Crippen LogP contribution in [0, 0.1) is 0 Å². The van der Waals surface area contributed by atoms with Crippen molar-refractivity contribution in [2.24, 2.45) is 4.99 Å². The summed E-state index contributed by atoms with van der Waals surface area (Å²) in [4.78, 5) is 25.1. The zero-order valence-electron chi connectivity index (χ0n) is 12.6. The molecule has 112 valence electrons. The van der Waals surface area contributed by atoms with Gasteiger partial charge in [0, 0.05) is 6.54 Å². The van der Waals surface area contributed by atoms with Gasteiger partial charge in [-0.15, -0.1) is 0 Å². The molecule has 0 aliphatic carbocycles. The number of ether oxygens (including phenoxy) is 1. The summed E-state index contributed by atoms with van der Waals surface area (Å²) in [6.45, 7) is 5.96. The Morgan fingerprint density at radius 3 is 2.86 bits per heavy atom. The molecule has 1 rings (SSSR count). The molecule has 0 radical (unpaired) electrons. The second-order valence-electron chi connectivity index (χ2n) is 5.42. The van der Waals surface area contributed by atoms with Gasteiger partial charge in [0.05, 0.1) is 5.69 Å². The maximum absolute atomic E-state index is 11.4. The third-order valence-corrected chi connectivity index (χ3v) is 2.33. The fourth-order valence-corrected chi connectivity index (χ4v) is 1.54. The van der Waals surface area contributed by atoms with Crippen LogP contribution in [0.1, 0.15) is 32.8 Å². The van der Waals surface area contributed by atoms with Crippen molar-refractivity contribution in [1.29, 1.82) is 0 Å². The van der Waals surface area contributed by atoms with Crippen molar-refractivity contribution >= 4 is 23.9 Å². The fourth-order valence-electron chi connectivity index (χ4n) is 1.54. The Morgan fingerprint density at radius 2 is 2.19 bits per heavy atom. The number of isocyanates is 1. The molecule has 1 aromatic rings. The lowest BCUT2D eigenvalue weighted by molar-refractivity contribution is 0.0529. The highest BCUT2D eigenvalue weighted by Gasteiger charge is 2.15. The Bertz CT molecular complexity index is 553. The van der Waals surface area contributed by atoms with E-state index in [4.69, 9.17) is 4.74 Å². The van der Waals surface area contributed by atoms with Crippen LogP contribution in [0.3, 0.4) is 0 Å². The molecule has 0 aromatic heterocycles. The second kappa shape index (κ2) is 8.02. The first-order valence-corrected chi connectivity index (χ1v) is 6.72. The van der Waals surface area contributed by atoms with E-state index in [9.17, 15) is 9.59 Å². The number of nitrogens with zero attached hydrogens (tertiary/aromatic N) is 1. The van der Waals surface area contributed by atoms with Gasteiger partial charge in [0.25, 0.3) is 0 Å². The van der Waals surface area contributed by atoms with Crippen LogP contribution in [-0.4, -0.2) is 24.3 Å². The smallest absolute Gasteiger partial charge is 0.407 e. The van der Waals surface area contributed by atoms with Crippen LogP contribution >= 0.6 is 0 Å². The van der Waals surface area contributed by atoms with Gasteiger partial charge in [0.15, 0.2) is 0 Å². The minimum Gasteiger partial charge on any atom is -0.444 e. The highest BCUT2D eigenvalue weighted by Crippen LogP contribution is 2.14. The van der Waals surface area contributed by atoms with Crippen LogP contribution in [0.4, 0.5) is 10.5 Å². The van der Waals surface area contributed by atoms with Gasteiger partial charge in [-0.05, 0) is 44.9 Å². The molecule has 0 bridgehead atoms. The predicted octanol–water partition coefficient (Wildman–Crippen LogP) is 3.58. The topological polar surface area (TPSA) is 67.8 Å². The normalized spacial score (nSPS) is 11.0. The van der Waals surface area contributed by atoms with E-state index in [2.05, 4.69) is 10.3 Å². The highest BCUT2D eigenvalue weighted by atomic mass is 16.6. The standard InChI is InChI=1S/C16H20N2O3/c1-16(2,3)21-15(20)17-10-5-4-7-13-8-6-9-14(11-13)18-12-19/h4,6-9,11H,5,10H2,1-3H3,(H,17,20). The lowest BCUT2D eigenvalue weighted by atomic mass is 10.2. The number of carbonyl (C=O) groups excluding carboxylic acids is 2. The first kappa shape index (κ1) is 16.7. The van der Waals surface area contributed by atoms with E-state index in [1.165, 1.54) is 6.08 Å². The van der Waals surface area contributed by atoms with E-state index in [1.807, 2.05) is 45.1 Å². The lowest BCUT2D eigenvalue weighted by Gasteiger charge is -2.19. The molecule has 0 unspecified atom stereocenters. The molecule has 0 fully saturated rings. The molecule has 5 heteroatoms. The molecule has 0 saturated carbocycles. The van der Waals surface area contributed by atoms with E-state index < -0.39 is 11.7 Å². The maximum atomic E-state index is 11.4. The van der Waals surface area contributed by atoms with Crippen molar-refractivity contribution < 1.29 is 14.3 Å². The summed E-state index contributed by atoms with van der Waals surface area (Å²) in [6.07, 6.45) is 5.61. The summed E-state index contributed by atoms with van der Waals surface area (Å²) in [7, 11) is 0. The van der Waals surface area contributed by atoms with Gasteiger partial charge in [0.1, 0.15) is 5.60 Å². The SMILES string of the molecule is CC(C)(C)OC(=O)NCCC=Cc1cccc(N=C=O)c1. The molecule has 1 amide bonds. The van der Waals surface area contributed by atoms with Crippen molar-refractivity contribution in [3.63, 3.8) is 0 Å². The van der Waals surface area contributed by atoms with Gasteiger partial charge in [-0.1, -0.05) is 24.3 Å². The summed E-state index contributed by atoms with van der Waals surface area (Å²) in [5, 5.41) is 2.67. The molecular weight excluding hydrogens is 268 g/mol. The van der Waals surface area contributed by atoms with Gasteiger partial charge in [0.2, 0.25) is 6.08 Å². The van der Waals surface area contributed by atoms with Crippen molar-refractivity contribution in [2.75, 3.05) is 6.54 Å². The third-order valence-electron chi connectivity index (χ3n) is 2.33. The molecule has 1 N–H and O–H groups in total. The van der Waals surface area contributed by atoms with E-state index in [0.717, 1.165) is 5.56 Å². The van der Waals surface area contributed by atoms with Crippen molar-refractivity contribution in [3.05, 3.63) is 35.9 Å². The number of benzene rings is 1. The molecular formula is C16H20N2O3. The number of amides is 1. The van der Waals surface area contributed by atoms with Crippen molar-refractivity contribution in [3.8, 4) is 0 Å². The van der Waals surface area contributed by atoms with Crippen LogP contribution in [0.15, 0.2) is 35.3 Å². The fraction of sp³-hybridized carbons (Fsp3) is 0.375. The van der Waals surface area contributed by atoms with E-state index >= 15 is 0 Å². The van der Waals surface area contributed by atoms with E-state index in [0.29, 0.717) is 18.7 Å². The van der Waals surface area contributed by atoms with E-state index in [1.54, 1.807) is 12.1 Å². The molecule has 0 aliphatic heterocycles.